The molecule has 2 heterocycles. The molecule has 9 heteroatoms. The largest absolute Gasteiger partial charge is 0.378 e. The number of hydrogen-bond acceptors (Lipinski definition) is 5. The number of alkyl halides is 2. The van der Waals surface area contributed by atoms with Crippen LogP contribution in [0.3, 0.4) is 0 Å². The van der Waals surface area contributed by atoms with Crippen LogP contribution in [0.25, 0.3) is 0 Å². The maximum Gasteiger partial charge on any atom is 0.272 e. The van der Waals surface area contributed by atoms with Gasteiger partial charge in [0.2, 0.25) is 0 Å². The van der Waals surface area contributed by atoms with Gasteiger partial charge in [0.05, 0.1) is 23.4 Å². The fourth-order valence-corrected chi connectivity index (χ4v) is 8.94. The Bertz CT molecular complexity index is 1090. The molecule has 6 nitrogen and oxygen atoms in total. The first kappa shape index (κ1) is 21.7. The highest BCUT2D eigenvalue weighted by molar-refractivity contribution is 7.91. The zero-order chi connectivity index (χ0) is 23.1. The van der Waals surface area contributed by atoms with Crippen LogP contribution in [-0.4, -0.2) is 65.7 Å². The summed E-state index contributed by atoms with van der Waals surface area (Å²) in [7, 11) is -3.08. The summed E-state index contributed by atoms with van der Waals surface area (Å²) < 4.78 is 54.4. The van der Waals surface area contributed by atoms with Crippen molar-refractivity contribution in [2.45, 2.75) is 81.1 Å². The van der Waals surface area contributed by atoms with Crippen LogP contribution in [0, 0.1) is 5.92 Å². The maximum absolute atomic E-state index is 15.5. The summed E-state index contributed by atoms with van der Waals surface area (Å²) in [5.74, 6) is -0.168. The molecule has 5 aliphatic carbocycles. The predicted molar refractivity (Wildman–Crippen MR) is 121 cm³/mol. The highest BCUT2D eigenvalue weighted by Crippen LogP contribution is 2.63. The summed E-state index contributed by atoms with van der Waals surface area (Å²) in [6.45, 7) is 0.387. The molecule has 0 radical (unpaired) electrons. The van der Waals surface area contributed by atoms with E-state index in [4.69, 9.17) is 0 Å². The van der Waals surface area contributed by atoms with Gasteiger partial charge in [0, 0.05) is 37.9 Å². The summed E-state index contributed by atoms with van der Waals surface area (Å²) in [6.07, 6.45) is 7.58. The van der Waals surface area contributed by atoms with Crippen molar-refractivity contribution in [3.8, 4) is 0 Å². The lowest BCUT2D eigenvalue weighted by molar-refractivity contribution is -0.137. The number of fused-ring (bicyclic) bond motifs is 1. The van der Waals surface area contributed by atoms with E-state index in [1.165, 1.54) is 0 Å². The quantitative estimate of drug-likeness (QED) is 0.719. The van der Waals surface area contributed by atoms with E-state index in [1.54, 1.807) is 11.1 Å². The lowest BCUT2D eigenvalue weighted by Gasteiger charge is -2.61. The van der Waals surface area contributed by atoms with Gasteiger partial charge in [0.15, 0.2) is 9.84 Å². The Hall–Kier alpha value is -1.77. The molecule has 1 aromatic rings. The highest BCUT2D eigenvalue weighted by Gasteiger charge is 2.65. The third-order valence-corrected chi connectivity index (χ3v) is 10.2. The number of nitrogens with one attached hydrogen (secondary N) is 1. The van der Waals surface area contributed by atoms with Crippen LogP contribution in [0.2, 0.25) is 0 Å². The number of amides is 1. The third kappa shape index (κ3) is 3.74. The minimum Gasteiger partial charge on any atom is -0.378 e. The molecule has 0 aromatic carbocycles. The average Bonchev–Trinajstić information content (AvgIpc) is 2.71. The number of carbonyl (C=O) groups excluding carboxylic acids is 1. The number of pyridine rings is 1. The first-order valence-corrected chi connectivity index (χ1v) is 14.1. The summed E-state index contributed by atoms with van der Waals surface area (Å²) in [5, 5.41) is 3.57. The summed E-state index contributed by atoms with van der Waals surface area (Å²) in [6, 6.07) is 0. The first-order valence-electron chi connectivity index (χ1n) is 12.2. The van der Waals surface area contributed by atoms with Gasteiger partial charge in [-0.3, -0.25) is 4.79 Å². The number of sulfone groups is 1. The number of nitrogens with zero attached hydrogens (tertiary/aromatic N) is 2. The Morgan fingerprint density at radius 1 is 1.00 bits per heavy atom. The molecule has 33 heavy (non-hydrogen) atoms. The molecule has 0 spiro atoms. The van der Waals surface area contributed by atoms with Gasteiger partial charge in [0.1, 0.15) is 17.0 Å². The molecule has 4 bridgehead atoms. The summed E-state index contributed by atoms with van der Waals surface area (Å²) >= 11 is 0. The molecule has 1 saturated heterocycles. The van der Waals surface area contributed by atoms with E-state index in [2.05, 4.69) is 10.3 Å². The molecule has 180 valence electrons. The second-order valence-corrected chi connectivity index (χ2v) is 13.6. The number of rotatable bonds is 3. The zero-order valence-corrected chi connectivity index (χ0v) is 19.7. The van der Waals surface area contributed by atoms with E-state index in [0.29, 0.717) is 31.4 Å². The second-order valence-electron chi connectivity index (χ2n) is 11.3. The molecule has 2 unspecified atom stereocenters. The van der Waals surface area contributed by atoms with E-state index in [9.17, 15) is 13.2 Å². The smallest absolute Gasteiger partial charge is 0.272 e. The summed E-state index contributed by atoms with van der Waals surface area (Å²) in [4.78, 5) is 19.4. The summed E-state index contributed by atoms with van der Waals surface area (Å²) in [5.41, 5.74) is -0.276. The van der Waals surface area contributed by atoms with Gasteiger partial charge >= 0.3 is 0 Å². The second kappa shape index (κ2) is 7.12. The molecule has 1 amide bonds. The molecular weight excluding hydrogens is 448 g/mol. The number of carbonyl (C=O) groups is 1. The van der Waals surface area contributed by atoms with Crippen LogP contribution in [-0.2, 0) is 22.7 Å². The first-order chi connectivity index (χ1) is 15.6. The monoisotopic (exact) mass is 479 g/mol. The minimum absolute atomic E-state index is 0.0137. The van der Waals surface area contributed by atoms with Crippen molar-refractivity contribution in [2.75, 3.05) is 29.9 Å². The van der Waals surface area contributed by atoms with Gasteiger partial charge < -0.3 is 10.2 Å². The van der Waals surface area contributed by atoms with Crippen LogP contribution in [0.5, 0.6) is 0 Å². The Kier molecular flexibility index (Phi) is 4.69. The standard InChI is InChI=1S/C24H31F2N3O3S/c25-22-9-16-10-23(26,13-22)15-24(11-16,14-22)28-19-12-27-20(18-4-2-1-3-17(18)19)21(30)29-5-7-33(31,32)8-6-29/h12,16,28H,1-11,13-15H2. The van der Waals surface area contributed by atoms with Crippen LogP contribution in [0.4, 0.5) is 14.5 Å². The molecule has 1 aromatic heterocycles. The molecule has 4 saturated carbocycles. The van der Waals surface area contributed by atoms with Crippen molar-refractivity contribution in [1.29, 1.82) is 0 Å². The number of anilines is 1. The lowest BCUT2D eigenvalue weighted by Crippen LogP contribution is -2.65. The fourth-order valence-electron chi connectivity index (χ4n) is 7.74. The Balaban J connectivity index is 1.31. The minimum atomic E-state index is -3.08. The van der Waals surface area contributed by atoms with Crippen LogP contribution < -0.4 is 5.32 Å². The van der Waals surface area contributed by atoms with Crippen molar-refractivity contribution < 1.29 is 22.0 Å². The van der Waals surface area contributed by atoms with Gasteiger partial charge in [-0.2, -0.15) is 0 Å². The molecule has 1 aliphatic heterocycles. The van der Waals surface area contributed by atoms with Crippen LogP contribution in [0.15, 0.2) is 6.20 Å². The van der Waals surface area contributed by atoms with Gasteiger partial charge in [-0.05, 0) is 62.0 Å². The molecule has 1 N–H and O–H groups in total. The maximum atomic E-state index is 15.5. The molecule has 2 atom stereocenters. The van der Waals surface area contributed by atoms with Gasteiger partial charge in [-0.1, -0.05) is 0 Å². The van der Waals surface area contributed by atoms with E-state index >= 15 is 8.78 Å². The van der Waals surface area contributed by atoms with Crippen molar-refractivity contribution in [3.63, 3.8) is 0 Å². The van der Waals surface area contributed by atoms with E-state index in [1.807, 2.05) is 0 Å². The van der Waals surface area contributed by atoms with Crippen molar-refractivity contribution in [1.82, 2.24) is 9.88 Å². The molecule has 6 aliphatic rings. The van der Waals surface area contributed by atoms with Crippen molar-refractivity contribution >= 4 is 21.4 Å². The molecule has 5 fully saturated rings. The van der Waals surface area contributed by atoms with E-state index < -0.39 is 26.7 Å². The van der Waals surface area contributed by atoms with Crippen LogP contribution >= 0.6 is 0 Å². The third-order valence-electron chi connectivity index (χ3n) is 8.57. The number of halogens is 2. The van der Waals surface area contributed by atoms with Gasteiger partial charge in [-0.25, -0.2) is 22.2 Å². The van der Waals surface area contributed by atoms with Gasteiger partial charge in [0.25, 0.3) is 5.91 Å². The molecule has 7 rings (SSSR count). The topological polar surface area (TPSA) is 79.4 Å². The number of aromatic nitrogens is 1. The SMILES string of the molecule is O=C(c1ncc(NC23CC4CC(F)(CC(F)(C4)C2)C3)c2c1CCCC2)N1CCS(=O)(=O)CC1. The van der Waals surface area contributed by atoms with E-state index in [-0.39, 0.29) is 42.8 Å². The Morgan fingerprint density at radius 2 is 1.64 bits per heavy atom. The van der Waals surface area contributed by atoms with Crippen molar-refractivity contribution in [3.05, 3.63) is 23.0 Å². The Labute approximate surface area is 193 Å². The Morgan fingerprint density at radius 3 is 2.27 bits per heavy atom. The highest BCUT2D eigenvalue weighted by atomic mass is 32.2. The predicted octanol–water partition coefficient (Wildman–Crippen LogP) is 3.40. The normalized spacial score (nSPS) is 38.7. The lowest BCUT2D eigenvalue weighted by atomic mass is 9.50. The van der Waals surface area contributed by atoms with E-state index in [0.717, 1.165) is 48.9 Å². The zero-order valence-electron chi connectivity index (χ0n) is 18.8. The average molecular weight is 480 g/mol. The van der Waals surface area contributed by atoms with Gasteiger partial charge in [-0.15, -0.1) is 0 Å². The number of hydrogen-bond donors (Lipinski definition) is 1. The van der Waals surface area contributed by atoms with Crippen LogP contribution in [0.1, 0.15) is 73.0 Å². The molecular formula is C24H31F2N3O3S. The fraction of sp³-hybridized carbons (Fsp3) is 0.750. The van der Waals surface area contributed by atoms with Crippen molar-refractivity contribution in [2.24, 2.45) is 5.92 Å².